The third kappa shape index (κ3) is 3.39. The summed E-state index contributed by atoms with van der Waals surface area (Å²) in [6.07, 6.45) is 3.73. The van der Waals surface area contributed by atoms with Crippen molar-refractivity contribution in [2.45, 2.75) is 50.8 Å². The van der Waals surface area contributed by atoms with E-state index in [2.05, 4.69) is 5.32 Å². The molecule has 0 radical (unpaired) electrons. The highest BCUT2D eigenvalue weighted by atomic mass is 16.5. The molecule has 1 aromatic carbocycles. The number of aryl methyl sites for hydroxylation is 1. The summed E-state index contributed by atoms with van der Waals surface area (Å²) in [5.74, 6) is -0.206. The van der Waals surface area contributed by atoms with E-state index in [4.69, 9.17) is 4.74 Å². The molecule has 23 heavy (non-hydrogen) atoms. The van der Waals surface area contributed by atoms with Gasteiger partial charge in [-0.2, -0.15) is 0 Å². The van der Waals surface area contributed by atoms with E-state index in [1.54, 1.807) is 11.9 Å². The maximum Gasteiger partial charge on any atom is 0.251 e. The Labute approximate surface area is 137 Å². The van der Waals surface area contributed by atoms with Gasteiger partial charge in [0.25, 0.3) is 5.91 Å². The molecule has 2 amide bonds. The molecule has 3 rings (SSSR count). The lowest BCUT2D eigenvalue weighted by Crippen LogP contribution is -2.54. The van der Waals surface area contributed by atoms with Crippen LogP contribution in [0.15, 0.2) is 24.3 Å². The monoisotopic (exact) mass is 316 g/mol. The van der Waals surface area contributed by atoms with Gasteiger partial charge in [-0.25, -0.2) is 0 Å². The first kappa shape index (κ1) is 16.0. The summed E-state index contributed by atoms with van der Waals surface area (Å²) in [6.45, 7) is 1.97. The second-order valence-electron chi connectivity index (χ2n) is 6.58. The zero-order valence-electron chi connectivity index (χ0n) is 13.7. The molecular formula is C18H24N2O3. The Hall–Kier alpha value is -1.88. The Kier molecular flexibility index (Phi) is 4.66. The summed E-state index contributed by atoms with van der Waals surface area (Å²) in [7, 11) is 1.74. The second kappa shape index (κ2) is 6.71. The van der Waals surface area contributed by atoms with Crippen molar-refractivity contribution in [3.8, 4) is 0 Å². The summed E-state index contributed by atoms with van der Waals surface area (Å²) in [5.41, 5.74) is 2.07. The van der Waals surface area contributed by atoms with Crippen molar-refractivity contribution in [2.75, 3.05) is 13.7 Å². The fourth-order valence-corrected chi connectivity index (χ4v) is 3.45. The van der Waals surface area contributed by atoms with Gasteiger partial charge in [-0.1, -0.05) is 42.7 Å². The zero-order chi connectivity index (χ0) is 16.4. The standard InChI is InChI=1S/C18H24N2O3/c1-12-7-9-13(10-8-12)16-17(23-11-15(21)20(16)2)18(22)19-14-5-3-4-6-14/h7-10,14,16-17H,3-6,11H2,1-2H3,(H,19,22)/t16-,17+/m0/s1. The van der Waals surface area contributed by atoms with Gasteiger partial charge in [0.15, 0.2) is 6.10 Å². The van der Waals surface area contributed by atoms with E-state index in [9.17, 15) is 9.59 Å². The SMILES string of the molecule is Cc1ccc([C@H]2[C@H](C(=O)NC3CCCC3)OCC(=O)N2C)cc1. The third-order valence-corrected chi connectivity index (χ3v) is 4.86. The van der Waals surface area contributed by atoms with E-state index in [0.29, 0.717) is 0 Å². The molecule has 2 fully saturated rings. The molecule has 5 nitrogen and oxygen atoms in total. The highest BCUT2D eigenvalue weighted by Crippen LogP contribution is 2.30. The predicted octanol–water partition coefficient (Wildman–Crippen LogP) is 1.95. The van der Waals surface area contributed by atoms with Gasteiger partial charge in [0.1, 0.15) is 6.61 Å². The fraction of sp³-hybridized carbons (Fsp3) is 0.556. The molecule has 2 aliphatic rings. The number of carbonyl (C=O) groups excluding carboxylic acids is 2. The van der Waals surface area contributed by atoms with E-state index in [0.717, 1.165) is 36.8 Å². The highest BCUT2D eigenvalue weighted by molar-refractivity contribution is 5.86. The smallest absolute Gasteiger partial charge is 0.251 e. The number of hydrogen-bond donors (Lipinski definition) is 1. The van der Waals surface area contributed by atoms with Crippen molar-refractivity contribution in [3.63, 3.8) is 0 Å². The molecule has 1 aliphatic heterocycles. The molecule has 0 bridgehead atoms. The molecule has 0 unspecified atom stereocenters. The maximum atomic E-state index is 12.7. The summed E-state index contributed by atoms with van der Waals surface area (Å²) >= 11 is 0. The number of amides is 2. The lowest BCUT2D eigenvalue weighted by molar-refractivity contribution is -0.162. The van der Waals surface area contributed by atoms with Gasteiger partial charge in [-0.3, -0.25) is 9.59 Å². The number of carbonyl (C=O) groups is 2. The van der Waals surface area contributed by atoms with Crippen LogP contribution in [0.2, 0.25) is 0 Å². The minimum Gasteiger partial charge on any atom is -0.356 e. The number of ether oxygens (including phenoxy) is 1. The van der Waals surface area contributed by atoms with Gasteiger partial charge in [0, 0.05) is 13.1 Å². The molecule has 1 heterocycles. The van der Waals surface area contributed by atoms with E-state index in [1.165, 1.54) is 0 Å². The molecule has 1 aromatic rings. The number of likely N-dealkylation sites (N-methyl/N-ethyl adjacent to an activating group) is 1. The van der Waals surface area contributed by atoms with Crippen LogP contribution in [0, 0.1) is 6.92 Å². The molecule has 1 saturated carbocycles. The van der Waals surface area contributed by atoms with E-state index >= 15 is 0 Å². The van der Waals surface area contributed by atoms with Crippen LogP contribution < -0.4 is 5.32 Å². The number of morpholine rings is 1. The maximum absolute atomic E-state index is 12.7. The predicted molar refractivity (Wildman–Crippen MR) is 86.8 cm³/mol. The summed E-state index contributed by atoms with van der Waals surface area (Å²) in [5, 5.41) is 3.09. The van der Waals surface area contributed by atoms with Gasteiger partial charge in [-0.05, 0) is 25.3 Å². The molecule has 2 atom stereocenters. The van der Waals surface area contributed by atoms with Crippen LogP contribution in [0.4, 0.5) is 0 Å². The molecule has 124 valence electrons. The molecule has 1 saturated heterocycles. The van der Waals surface area contributed by atoms with Crippen molar-refractivity contribution < 1.29 is 14.3 Å². The zero-order valence-corrected chi connectivity index (χ0v) is 13.7. The van der Waals surface area contributed by atoms with E-state index in [-0.39, 0.29) is 30.5 Å². The van der Waals surface area contributed by atoms with Crippen LogP contribution in [-0.4, -0.2) is 42.5 Å². The van der Waals surface area contributed by atoms with Crippen LogP contribution in [0.1, 0.15) is 42.9 Å². The van der Waals surface area contributed by atoms with Crippen molar-refractivity contribution in [1.29, 1.82) is 0 Å². The molecular weight excluding hydrogens is 292 g/mol. The molecule has 1 aliphatic carbocycles. The van der Waals surface area contributed by atoms with Crippen LogP contribution in [0.5, 0.6) is 0 Å². The van der Waals surface area contributed by atoms with Crippen molar-refractivity contribution in [1.82, 2.24) is 10.2 Å². The lowest BCUT2D eigenvalue weighted by atomic mass is 9.96. The van der Waals surface area contributed by atoms with Crippen molar-refractivity contribution in [2.24, 2.45) is 0 Å². The average Bonchev–Trinajstić information content (AvgIpc) is 3.04. The molecule has 0 spiro atoms. The Bertz CT molecular complexity index is 578. The first-order chi connectivity index (χ1) is 11.1. The largest absolute Gasteiger partial charge is 0.356 e. The van der Waals surface area contributed by atoms with Gasteiger partial charge in [0.2, 0.25) is 5.91 Å². The Morgan fingerprint density at radius 1 is 1.22 bits per heavy atom. The fourth-order valence-electron chi connectivity index (χ4n) is 3.45. The number of nitrogens with zero attached hydrogens (tertiary/aromatic N) is 1. The Morgan fingerprint density at radius 2 is 1.87 bits per heavy atom. The number of hydrogen-bond acceptors (Lipinski definition) is 3. The first-order valence-electron chi connectivity index (χ1n) is 8.30. The minimum atomic E-state index is -0.652. The Balaban J connectivity index is 1.81. The quantitative estimate of drug-likeness (QED) is 0.927. The van der Waals surface area contributed by atoms with Crippen LogP contribution >= 0.6 is 0 Å². The third-order valence-electron chi connectivity index (χ3n) is 4.86. The van der Waals surface area contributed by atoms with Gasteiger partial charge < -0.3 is 15.0 Å². The highest BCUT2D eigenvalue weighted by Gasteiger charge is 2.40. The van der Waals surface area contributed by atoms with Crippen molar-refractivity contribution in [3.05, 3.63) is 35.4 Å². The van der Waals surface area contributed by atoms with Crippen LogP contribution in [0.25, 0.3) is 0 Å². The topological polar surface area (TPSA) is 58.6 Å². The lowest BCUT2D eigenvalue weighted by Gasteiger charge is -2.38. The normalized spacial score (nSPS) is 25.7. The summed E-state index contributed by atoms with van der Waals surface area (Å²) in [6, 6.07) is 7.79. The number of benzene rings is 1. The molecule has 1 N–H and O–H groups in total. The van der Waals surface area contributed by atoms with E-state index < -0.39 is 6.10 Å². The van der Waals surface area contributed by atoms with E-state index in [1.807, 2.05) is 31.2 Å². The minimum absolute atomic E-state index is 0.0401. The van der Waals surface area contributed by atoms with Crippen LogP contribution in [-0.2, 0) is 14.3 Å². The van der Waals surface area contributed by atoms with Gasteiger partial charge in [-0.15, -0.1) is 0 Å². The average molecular weight is 316 g/mol. The summed E-state index contributed by atoms with van der Waals surface area (Å²) in [4.78, 5) is 26.3. The first-order valence-corrected chi connectivity index (χ1v) is 8.30. The molecule has 0 aromatic heterocycles. The summed E-state index contributed by atoms with van der Waals surface area (Å²) < 4.78 is 5.63. The van der Waals surface area contributed by atoms with Crippen LogP contribution in [0.3, 0.4) is 0 Å². The number of rotatable bonds is 3. The Morgan fingerprint density at radius 3 is 2.52 bits per heavy atom. The second-order valence-corrected chi connectivity index (χ2v) is 6.58. The van der Waals surface area contributed by atoms with Crippen molar-refractivity contribution >= 4 is 11.8 Å². The molecule has 5 heteroatoms. The number of nitrogens with one attached hydrogen (secondary N) is 1. The van der Waals surface area contributed by atoms with Gasteiger partial charge >= 0.3 is 0 Å². The van der Waals surface area contributed by atoms with Gasteiger partial charge in [0.05, 0.1) is 6.04 Å².